The molecule has 2 heterocycles. The highest BCUT2D eigenvalue weighted by Gasteiger charge is 2.28. The third-order valence-electron chi connectivity index (χ3n) is 2.96. The molecule has 0 bridgehead atoms. The Labute approximate surface area is 89.0 Å². The summed E-state index contributed by atoms with van der Waals surface area (Å²) in [5.41, 5.74) is 6.48. The highest BCUT2D eigenvalue weighted by molar-refractivity contribution is 5.93. The van der Waals surface area contributed by atoms with Crippen molar-refractivity contribution >= 4 is 5.91 Å². The lowest BCUT2D eigenvalue weighted by Crippen LogP contribution is -2.29. The van der Waals surface area contributed by atoms with E-state index < -0.39 is 0 Å². The van der Waals surface area contributed by atoms with E-state index in [0.717, 1.165) is 25.1 Å². The van der Waals surface area contributed by atoms with Crippen LogP contribution in [0.2, 0.25) is 0 Å². The molecule has 0 saturated carbocycles. The fourth-order valence-electron chi connectivity index (χ4n) is 1.94. The van der Waals surface area contributed by atoms with Gasteiger partial charge in [0.15, 0.2) is 5.76 Å². The van der Waals surface area contributed by atoms with Gasteiger partial charge in [-0.15, -0.1) is 0 Å². The number of hydrogen-bond acceptors (Lipinski definition) is 3. The van der Waals surface area contributed by atoms with E-state index in [1.54, 1.807) is 6.26 Å². The minimum atomic E-state index is -0.00606. The number of likely N-dealkylation sites (tertiary alicyclic amines) is 1. The van der Waals surface area contributed by atoms with E-state index in [1.165, 1.54) is 0 Å². The number of nitrogens with zero attached hydrogens (tertiary/aromatic N) is 1. The number of aryl methyl sites for hydroxylation is 1. The maximum atomic E-state index is 12.0. The topological polar surface area (TPSA) is 59.5 Å². The van der Waals surface area contributed by atoms with Crippen molar-refractivity contribution in [3.63, 3.8) is 0 Å². The Balaban J connectivity index is 2.07. The number of rotatable bonds is 2. The predicted octanol–water partition coefficient (Wildman–Crippen LogP) is 1.01. The van der Waals surface area contributed by atoms with Crippen LogP contribution in [0.1, 0.15) is 22.5 Å². The first-order valence-electron chi connectivity index (χ1n) is 5.26. The summed E-state index contributed by atoms with van der Waals surface area (Å²) in [5, 5.41) is 0. The largest absolute Gasteiger partial charge is 0.459 e. The molecule has 1 amide bonds. The zero-order valence-corrected chi connectivity index (χ0v) is 8.90. The van der Waals surface area contributed by atoms with Gasteiger partial charge in [-0.25, -0.2) is 0 Å². The van der Waals surface area contributed by atoms with Crippen LogP contribution in [0, 0.1) is 12.8 Å². The summed E-state index contributed by atoms with van der Waals surface area (Å²) < 4.78 is 5.18. The molecule has 1 aromatic rings. The second kappa shape index (κ2) is 4.06. The molecule has 2 N–H and O–H groups in total. The smallest absolute Gasteiger partial charge is 0.289 e. The Kier molecular flexibility index (Phi) is 2.77. The van der Waals surface area contributed by atoms with Crippen molar-refractivity contribution in [2.24, 2.45) is 11.7 Å². The average Bonchev–Trinajstić information content (AvgIpc) is 2.84. The van der Waals surface area contributed by atoms with Gasteiger partial charge < -0.3 is 15.1 Å². The molecule has 1 atom stereocenters. The zero-order chi connectivity index (χ0) is 10.8. The number of hydrogen-bond donors (Lipinski definition) is 1. The Hall–Kier alpha value is -1.29. The van der Waals surface area contributed by atoms with Gasteiger partial charge in [0.2, 0.25) is 0 Å². The molecule has 4 heteroatoms. The van der Waals surface area contributed by atoms with E-state index in [4.69, 9.17) is 10.2 Å². The van der Waals surface area contributed by atoms with Crippen molar-refractivity contribution < 1.29 is 9.21 Å². The quantitative estimate of drug-likeness (QED) is 0.789. The molecule has 4 nitrogen and oxygen atoms in total. The van der Waals surface area contributed by atoms with Crippen molar-refractivity contribution in [3.8, 4) is 0 Å². The first-order valence-corrected chi connectivity index (χ1v) is 5.26. The van der Waals surface area contributed by atoms with Gasteiger partial charge in [0.1, 0.15) is 0 Å². The number of nitrogens with two attached hydrogens (primary N) is 1. The lowest BCUT2D eigenvalue weighted by molar-refractivity contribution is 0.0755. The van der Waals surface area contributed by atoms with Crippen LogP contribution < -0.4 is 5.73 Å². The van der Waals surface area contributed by atoms with Crippen molar-refractivity contribution in [1.82, 2.24) is 4.90 Å². The van der Waals surface area contributed by atoms with E-state index >= 15 is 0 Å². The first kappa shape index (κ1) is 10.2. The van der Waals surface area contributed by atoms with Gasteiger partial charge in [-0.05, 0) is 31.9 Å². The molecule has 82 valence electrons. The third kappa shape index (κ3) is 1.90. The molecule has 1 fully saturated rings. The highest BCUT2D eigenvalue weighted by atomic mass is 16.3. The van der Waals surface area contributed by atoms with Gasteiger partial charge in [-0.2, -0.15) is 0 Å². The summed E-state index contributed by atoms with van der Waals surface area (Å²) in [6.07, 6.45) is 2.56. The van der Waals surface area contributed by atoms with Crippen molar-refractivity contribution in [2.45, 2.75) is 13.3 Å². The van der Waals surface area contributed by atoms with Gasteiger partial charge in [0, 0.05) is 18.7 Å². The van der Waals surface area contributed by atoms with Gasteiger partial charge in [-0.1, -0.05) is 0 Å². The van der Waals surface area contributed by atoms with E-state index in [2.05, 4.69) is 0 Å². The van der Waals surface area contributed by atoms with E-state index in [9.17, 15) is 4.79 Å². The van der Waals surface area contributed by atoms with Crippen LogP contribution in [0.3, 0.4) is 0 Å². The third-order valence-corrected chi connectivity index (χ3v) is 2.96. The SMILES string of the molecule is Cc1ccoc1C(=O)N1CCC(CN)C1. The van der Waals surface area contributed by atoms with E-state index in [1.807, 2.05) is 17.9 Å². The van der Waals surface area contributed by atoms with Gasteiger partial charge in [0.25, 0.3) is 5.91 Å². The molecule has 1 aliphatic rings. The van der Waals surface area contributed by atoms with Crippen LogP contribution >= 0.6 is 0 Å². The summed E-state index contributed by atoms with van der Waals surface area (Å²) in [7, 11) is 0. The minimum Gasteiger partial charge on any atom is -0.459 e. The van der Waals surface area contributed by atoms with Crippen LogP contribution in [-0.2, 0) is 0 Å². The fourth-order valence-corrected chi connectivity index (χ4v) is 1.94. The van der Waals surface area contributed by atoms with Crippen molar-refractivity contribution in [2.75, 3.05) is 19.6 Å². The van der Waals surface area contributed by atoms with Crippen LogP contribution in [0.25, 0.3) is 0 Å². The molecule has 0 radical (unpaired) electrons. The molecule has 1 aliphatic heterocycles. The maximum Gasteiger partial charge on any atom is 0.289 e. The highest BCUT2D eigenvalue weighted by Crippen LogP contribution is 2.19. The minimum absolute atomic E-state index is 0.00606. The molecule has 1 unspecified atom stereocenters. The second-order valence-electron chi connectivity index (χ2n) is 4.07. The maximum absolute atomic E-state index is 12.0. The molecule has 1 aromatic heterocycles. The number of carbonyl (C=O) groups excluding carboxylic acids is 1. The van der Waals surface area contributed by atoms with Gasteiger partial charge in [0.05, 0.1) is 6.26 Å². The van der Waals surface area contributed by atoms with Gasteiger partial charge >= 0.3 is 0 Å². The Morgan fingerprint density at radius 3 is 3.07 bits per heavy atom. The number of carbonyl (C=O) groups is 1. The van der Waals surface area contributed by atoms with Crippen molar-refractivity contribution in [3.05, 3.63) is 23.7 Å². The lowest BCUT2D eigenvalue weighted by Gasteiger charge is -2.14. The van der Waals surface area contributed by atoms with Crippen LogP contribution in [0.4, 0.5) is 0 Å². The molecular weight excluding hydrogens is 192 g/mol. The molecule has 1 saturated heterocycles. The monoisotopic (exact) mass is 208 g/mol. The standard InChI is InChI=1S/C11H16N2O2/c1-8-3-5-15-10(8)11(14)13-4-2-9(6-12)7-13/h3,5,9H,2,4,6-7,12H2,1H3. The molecule has 15 heavy (non-hydrogen) atoms. The first-order chi connectivity index (χ1) is 7.22. The normalized spacial score (nSPS) is 20.9. The number of furan rings is 1. The van der Waals surface area contributed by atoms with Crippen LogP contribution in [0.15, 0.2) is 16.7 Å². The van der Waals surface area contributed by atoms with Crippen molar-refractivity contribution in [1.29, 1.82) is 0 Å². The second-order valence-corrected chi connectivity index (χ2v) is 4.07. The summed E-state index contributed by atoms with van der Waals surface area (Å²) >= 11 is 0. The molecule has 0 spiro atoms. The van der Waals surface area contributed by atoms with E-state index in [0.29, 0.717) is 18.2 Å². The number of amides is 1. The summed E-state index contributed by atoms with van der Waals surface area (Å²) in [4.78, 5) is 13.8. The summed E-state index contributed by atoms with van der Waals surface area (Å²) in [5.74, 6) is 0.908. The fraction of sp³-hybridized carbons (Fsp3) is 0.545. The predicted molar refractivity (Wildman–Crippen MR) is 56.5 cm³/mol. The van der Waals surface area contributed by atoms with Crippen LogP contribution in [-0.4, -0.2) is 30.4 Å². The van der Waals surface area contributed by atoms with E-state index in [-0.39, 0.29) is 5.91 Å². The lowest BCUT2D eigenvalue weighted by atomic mass is 10.1. The molecule has 0 aliphatic carbocycles. The molecule has 2 rings (SSSR count). The van der Waals surface area contributed by atoms with Gasteiger partial charge in [-0.3, -0.25) is 4.79 Å². The molecular formula is C11H16N2O2. The van der Waals surface area contributed by atoms with Crippen LogP contribution in [0.5, 0.6) is 0 Å². The average molecular weight is 208 g/mol. The molecule has 0 aromatic carbocycles. The zero-order valence-electron chi connectivity index (χ0n) is 8.90. The Bertz CT molecular complexity index is 359. The Morgan fingerprint density at radius 2 is 2.53 bits per heavy atom. The summed E-state index contributed by atoms with van der Waals surface area (Å²) in [6, 6.07) is 1.81. The summed E-state index contributed by atoms with van der Waals surface area (Å²) in [6.45, 7) is 4.09. The Morgan fingerprint density at radius 1 is 1.73 bits per heavy atom.